The molecule has 0 bridgehead atoms. The summed E-state index contributed by atoms with van der Waals surface area (Å²) in [5.41, 5.74) is 1.86. The zero-order chi connectivity index (χ0) is 18.4. The SMILES string of the molecule is CN=C(NCc1ccc(C(=O)N(C)C)cc1)N1CCSC(C(C)C)C1.I. The third-order valence-corrected chi connectivity index (χ3v) is 5.95. The quantitative estimate of drug-likeness (QED) is 0.400. The van der Waals surface area contributed by atoms with Crippen LogP contribution >= 0.6 is 35.7 Å². The lowest BCUT2D eigenvalue weighted by atomic mass is 10.1. The van der Waals surface area contributed by atoms with Crippen molar-refractivity contribution in [3.63, 3.8) is 0 Å². The molecule has 1 aromatic rings. The van der Waals surface area contributed by atoms with Crippen LogP contribution in [-0.4, -0.2) is 66.9 Å². The molecule has 0 saturated carbocycles. The summed E-state index contributed by atoms with van der Waals surface area (Å²) in [6.07, 6.45) is 0. The number of hydrogen-bond acceptors (Lipinski definition) is 3. The summed E-state index contributed by atoms with van der Waals surface area (Å²) in [5.74, 6) is 2.80. The second-order valence-electron chi connectivity index (χ2n) is 6.90. The second-order valence-corrected chi connectivity index (χ2v) is 8.24. The summed E-state index contributed by atoms with van der Waals surface area (Å²) >= 11 is 2.06. The van der Waals surface area contributed by atoms with Gasteiger partial charge in [0.05, 0.1) is 0 Å². The Morgan fingerprint density at radius 2 is 2.00 bits per heavy atom. The molecule has 0 radical (unpaired) electrons. The molecule has 0 spiro atoms. The van der Waals surface area contributed by atoms with Gasteiger partial charge in [0.1, 0.15) is 0 Å². The highest BCUT2D eigenvalue weighted by atomic mass is 127. The van der Waals surface area contributed by atoms with Gasteiger partial charge >= 0.3 is 0 Å². The number of guanidine groups is 1. The molecule has 1 amide bonds. The van der Waals surface area contributed by atoms with E-state index >= 15 is 0 Å². The lowest BCUT2D eigenvalue weighted by Gasteiger charge is -2.36. The molecule has 1 saturated heterocycles. The minimum absolute atomic E-state index is 0. The Balaban J connectivity index is 0.00000338. The molecule has 1 aliphatic rings. The first-order valence-corrected chi connectivity index (χ1v) is 9.85. The van der Waals surface area contributed by atoms with Gasteiger partial charge in [-0.25, -0.2) is 0 Å². The highest BCUT2D eigenvalue weighted by Crippen LogP contribution is 2.24. The third-order valence-electron chi connectivity index (χ3n) is 4.41. The topological polar surface area (TPSA) is 47.9 Å². The zero-order valence-corrected chi connectivity index (χ0v) is 19.5. The van der Waals surface area contributed by atoms with Gasteiger partial charge in [-0.05, 0) is 23.6 Å². The average Bonchev–Trinajstić information content (AvgIpc) is 2.62. The van der Waals surface area contributed by atoms with Crippen LogP contribution in [-0.2, 0) is 6.54 Å². The van der Waals surface area contributed by atoms with Gasteiger partial charge in [0, 0.05) is 57.3 Å². The lowest BCUT2D eigenvalue weighted by Crippen LogP contribution is -2.48. The molecule has 26 heavy (non-hydrogen) atoms. The van der Waals surface area contributed by atoms with Crippen LogP contribution in [0.4, 0.5) is 0 Å². The molecule has 1 heterocycles. The van der Waals surface area contributed by atoms with Crippen LogP contribution in [0.3, 0.4) is 0 Å². The Kier molecular flexibility index (Phi) is 9.78. The highest BCUT2D eigenvalue weighted by molar-refractivity contribution is 14.0. The van der Waals surface area contributed by atoms with Crippen molar-refractivity contribution in [2.24, 2.45) is 10.9 Å². The summed E-state index contributed by atoms with van der Waals surface area (Å²) in [4.78, 5) is 20.3. The lowest BCUT2D eigenvalue weighted by molar-refractivity contribution is 0.0827. The number of carbonyl (C=O) groups excluding carboxylic acids is 1. The fraction of sp³-hybridized carbons (Fsp3) is 0.579. The van der Waals surface area contributed by atoms with Gasteiger partial charge in [-0.1, -0.05) is 26.0 Å². The fourth-order valence-electron chi connectivity index (χ4n) is 2.81. The van der Waals surface area contributed by atoms with Gasteiger partial charge in [0.25, 0.3) is 5.91 Å². The number of aliphatic imine (C=N–C) groups is 1. The minimum atomic E-state index is 0. The summed E-state index contributed by atoms with van der Waals surface area (Å²) < 4.78 is 0. The number of carbonyl (C=O) groups is 1. The van der Waals surface area contributed by atoms with Crippen molar-refractivity contribution >= 4 is 47.6 Å². The van der Waals surface area contributed by atoms with Gasteiger partial charge in [0.15, 0.2) is 5.96 Å². The summed E-state index contributed by atoms with van der Waals surface area (Å²) in [5, 5.41) is 4.11. The number of thioether (sulfide) groups is 1. The maximum atomic E-state index is 11.9. The predicted octanol–water partition coefficient (Wildman–Crippen LogP) is 3.16. The third kappa shape index (κ3) is 6.33. The smallest absolute Gasteiger partial charge is 0.253 e. The summed E-state index contributed by atoms with van der Waals surface area (Å²) in [6.45, 7) is 7.35. The summed E-state index contributed by atoms with van der Waals surface area (Å²) in [7, 11) is 5.37. The molecule has 2 rings (SSSR count). The highest BCUT2D eigenvalue weighted by Gasteiger charge is 2.24. The molecule has 5 nitrogen and oxygen atoms in total. The molecule has 1 N–H and O–H groups in total. The van der Waals surface area contributed by atoms with Crippen molar-refractivity contribution in [1.82, 2.24) is 15.1 Å². The van der Waals surface area contributed by atoms with Gasteiger partial charge < -0.3 is 15.1 Å². The molecular weight excluding hydrogens is 459 g/mol. The largest absolute Gasteiger partial charge is 0.352 e. The van der Waals surface area contributed by atoms with Crippen molar-refractivity contribution in [2.75, 3.05) is 40.0 Å². The fourth-order valence-corrected chi connectivity index (χ4v) is 4.11. The average molecular weight is 490 g/mol. The van der Waals surface area contributed by atoms with Crippen molar-refractivity contribution in [3.05, 3.63) is 35.4 Å². The number of hydrogen-bond donors (Lipinski definition) is 1. The molecule has 1 fully saturated rings. The molecule has 1 aliphatic heterocycles. The maximum Gasteiger partial charge on any atom is 0.253 e. The number of amides is 1. The van der Waals surface area contributed by atoms with Crippen LogP contribution in [0.15, 0.2) is 29.3 Å². The van der Waals surface area contributed by atoms with E-state index in [9.17, 15) is 4.79 Å². The molecule has 1 atom stereocenters. The molecule has 1 aromatic carbocycles. The van der Waals surface area contributed by atoms with Gasteiger partial charge in [-0.15, -0.1) is 24.0 Å². The Hall–Kier alpha value is -0.960. The number of halogens is 1. The predicted molar refractivity (Wildman–Crippen MR) is 123 cm³/mol. The van der Waals surface area contributed by atoms with Crippen molar-refractivity contribution in [1.29, 1.82) is 0 Å². The standard InChI is InChI=1S/C19H30N4OS.HI/c1-14(2)17-13-23(10-11-25-17)19(20-3)21-12-15-6-8-16(9-7-15)18(24)22(4)5;/h6-9,14,17H,10-13H2,1-5H3,(H,20,21);1H. The number of nitrogens with zero attached hydrogens (tertiary/aromatic N) is 3. The van der Waals surface area contributed by atoms with E-state index in [0.717, 1.165) is 30.4 Å². The van der Waals surface area contributed by atoms with E-state index < -0.39 is 0 Å². The van der Waals surface area contributed by atoms with E-state index in [1.807, 2.05) is 31.3 Å². The van der Waals surface area contributed by atoms with Gasteiger partial charge in [0.2, 0.25) is 0 Å². The maximum absolute atomic E-state index is 11.9. The monoisotopic (exact) mass is 490 g/mol. The Morgan fingerprint density at radius 3 is 2.54 bits per heavy atom. The van der Waals surface area contributed by atoms with E-state index in [1.165, 1.54) is 0 Å². The van der Waals surface area contributed by atoms with E-state index in [-0.39, 0.29) is 29.9 Å². The van der Waals surface area contributed by atoms with E-state index in [4.69, 9.17) is 0 Å². The molecule has 146 valence electrons. The van der Waals surface area contributed by atoms with Gasteiger partial charge in [-0.2, -0.15) is 11.8 Å². The Labute approximate surface area is 179 Å². The minimum Gasteiger partial charge on any atom is -0.352 e. The first kappa shape index (κ1) is 23.1. The Bertz CT molecular complexity index is 604. The number of rotatable bonds is 4. The normalized spacial score (nSPS) is 17.7. The zero-order valence-electron chi connectivity index (χ0n) is 16.4. The van der Waals surface area contributed by atoms with Crippen molar-refractivity contribution in [3.8, 4) is 0 Å². The first-order valence-electron chi connectivity index (χ1n) is 8.80. The second kappa shape index (κ2) is 11.0. The molecule has 0 aliphatic carbocycles. The van der Waals surface area contributed by atoms with Crippen molar-refractivity contribution < 1.29 is 4.79 Å². The van der Waals surface area contributed by atoms with E-state index in [1.54, 1.807) is 19.0 Å². The molecular formula is C19H31IN4OS. The van der Waals surface area contributed by atoms with E-state index in [2.05, 4.69) is 40.8 Å². The van der Waals surface area contributed by atoms with Crippen molar-refractivity contribution in [2.45, 2.75) is 25.6 Å². The van der Waals surface area contributed by atoms with Crippen LogP contribution in [0.1, 0.15) is 29.8 Å². The van der Waals surface area contributed by atoms with Crippen LogP contribution in [0.25, 0.3) is 0 Å². The number of benzene rings is 1. The Morgan fingerprint density at radius 1 is 1.35 bits per heavy atom. The van der Waals surface area contributed by atoms with Crippen LogP contribution in [0.2, 0.25) is 0 Å². The van der Waals surface area contributed by atoms with Crippen LogP contribution < -0.4 is 5.32 Å². The number of nitrogens with one attached hydrogen (secondary N) is 1. The molecule has 7 heteroatoms. The summed E-state index contributed by atoms with van der Waals surface area (Å²) in [6, 6.07) is 7.77. The molecule has 1 unspecified atom stereocenters. The van der Waals surface area contributed by atoms with Crippen LogP contribution in [0.5, 0.6) is 0 Å². The van der Waals surface area contributed by atoms with E-state index in [0.29, 0.717) is 23.3 Å². The molecule has 0 aromatic heterocycles. The van der Waals surface area contributed by atoms with Crippen LogP contribution in [0, 0.1) is 5.92 Å². The van der Waals surface area contributed by atoms with Gasteiger partial charge in [-0.3, -0.25) is 9.79 Å². The first-order chi connectivity index (χ1) is 11.9.